The third kappa shape index (κ3) is 4.86. The van der Waals surface area contributed by atoms with E-state index in [9.17, 15) is 9.59 Å². The molecule has 2 amide bonds. The van der Waals surface area contributed by atoms with Crippen molar-refractivity contribution < 1.29 is 19.1 Å². The van der Waals surface area contributed by atoms with Crippen molar-refractivity contribution in [3.63, 3.8) is 0 Å². The van der Waals surface area contributed by atoms with Gasteiger partial charge in [-0.3, -0.25) is 14.9 Å². The Bertz CT molecular complexity index is 1170. The summed E-state index contributed by atoms with van der Waals surface area (Å²) in [4.78, 5) is 39.9. The van der Waals surface area contributed by atoms with Gasteiger partial charge >= 0.3 is 0 Å². The van der Waals surface area contributed by atoms with Gasteiger partial charge in [-0.15, -0.1) is 0 Å². The number of pyridine rings is 2. The molecule has 2 aliphatic rings. The standard InChI is InChI=1S/C24H28N6O4/c1-16(31)27-23(32)20-12-17-14-26-22(29-8-10-33-11-9-29)13-21(17)28-24(20)34-19-4-2-18(3-5-19)30-7-6-25-15-30/h6-7,12-15,18-19H,2-5,8-11H2,1H3,(H,27,31,32). The Hall–Kier alpha value is -3.53. The fourth-order valence-corrected chi connectivity index (χ4v) is 4.59. The number of nitrogens with one attached hydrogen (secondary N) is 1. The van der Waals surface area contributed by atoms with E-state index >= 15 is 0 Å². The molecular formula is C24H28N6O4. The van der Waals surface area contributed by atoms with Crippen LogP contribution in [0.5, 0.6) is 5.88 Å². The van der Waals surface area contributed by atoms with E-state index in [-0.39, 0.29) is 17.5 Å². The van der Waals surface area contributed by atoms with E-state index in [4.69, 9.17) is 14.5 Å². The average molecular weight is 465 g/mol. The summed E-state index contributed by atoms with van der Waals surface area (Å²) < 4.78 is 13.9. The maximum Gasteiger partial charge on any atom is 0.263 e. The first kappa shape index (κ1) is 22.3. The molecule has 0 spiro atoms. The van der Waals surface area contributed by atoms with Crippen LogP contribution in [0.4, 0.5) is 5.82 Å². The van der Waals surface area contributed by atoms with E-state index in [0.717, 1.165) is 44.6 Å². The van der Waals surface area contributed by atoms with Gasteiger partial charge in [0, 0.05) is 56.1 Å². The van der Waals surface area contributed by atoms with Crippen LogP contribution in [0.1, 0.15) is 49.0 Å². The van der Waals surface area contributed by atoms with Crippen molar-refractivity contribution >= 4 is 28.5 Å². The summed E-state index contributed by atoms with van der Waals surface area (Å²) in [5.74, 6) is 0.103. The van der Waals surface area contributed by atoms with E-state index in [1.165, 1.54) is 6.92 Å². The highest BCUT2D eigenvalue weighted by molar-refractivity contribution is 6.07. The summed E-state index contributed by atoms with van der Waals surface area (Å²) in [5.41, 5.74) is 0.929. The number of amides is 2. The highest BCUT2D eigenvalue weighted by atomic mass is 16.5. The first-order valence-corrected chi connectivity index (χ1v) is 11.7. The molecule has 4 heterocycles. The Morgan fingerprint density at radius 1 is 1.15 bits per heavy atom. The number of anilines is 1. The molecule has 0 radical (unpaired) electrons. The number of imidazole rings is 1. The van der Waals surface area contributed by atoms with Gasteiger partial charge in [0.2, 0.25) is 11.8 Å². The highest BCUT2D eigenvalue weighted by Crippen LogP contribution is 2.32. The van der Waals surface area contributed by atoms with Crippen LogP contribution in [0, 0.1) is 0 Å². The van der Waals surface area contributed by atoms with E-state index < -0.39 is 11.8 Å². The van der Waals surface area contributed by atoms with Gasteiger partial charge in [0.05, 0.1) is 25.1 Å². The molecule has 0 bridgehead atoms. The van der Waals surface area contributed by atoms with Crippen LogP contribution in [0.2, 0.25) is 0 Å². The van der Waals surface area contributed by atoms with Crippen LogP contribution in [0.25, 0.3) is 10.9 Å². The molecule has 0 aromatic carbocycles. The van der Waals surface area contributed by atoms with Crippen LogP contribution in [0.15, 0.2) is 37.1 Å². The van der Waals surface area contributed by atoms with E-state index in [1.54, 1.807) is 18.5 Å². The van der Waals surface area contributed by atoms with Gasteiger partial charge in [-0.25, -0.2) is 15.0 Å². The van der Waals surface area contributed by atoms with Gasteiger partial charge in [-0.1, -0.05) is 0 Å². The van der Waals surface area contributed by atoms with Crippen molar-refractivity contribution in [2.24, 2.45) is 0 Å². The Morgan fingerprint density at radius 3 is 2.65 bits per heavy atom. The lowest BCUT2D eigenvalue weighted by Gasteiger charge is -2.30. The van der Waals surface area contributed by atoms with Crippen molar-refractivity contribution in [2.75, 3.05) is 31.2 Å². The van der Waals surface area contributed by atoms with Gasteiger partial charge in [-0.2, -0.15) is 0 Å². The third-order valence-electron chi connectivity index (χ3n) is 6.39. The minimum Gasteiger partial charge on any atom is -0.474 e. The predicted molar refractivity (Wildman–Crippen MR) is 125 cm³/mol. The number of fused-ring (bicyclic) bond motifs is 1. The van der Waals surface area contributed by atoms with E-state index in [0.29, 0.717) is 30.2 Å². The molecule has 2 fully saturated rings. The Kier molecular flexibility index (Phi) is 6.39. The van der Waals surface area contributed by atoms with Crippen LogP contribution >= 0.6 is 0 Å². The normalized spacial score (nSPS) is 20.8. The number of rotatable bonds is 5. The molecular weight excluding hydrogens is 436 g/mol. The molecule has 5 rings (SSSR count). The average Bonchev–Trinajstić information content (AvgIpc) is 3.39. The van der Waals surface area contributed by atoms with Crippen molar-refractivity contribution in [3.05, 3.63) is 42.6 Å². The van der Waals surface area contributed by atoms with Gasteiger partial charge in [0.1, 0.15) is 17.5 Å². The van der Waals surface area contributed by atoms with Gasteiger partial charge in [-0.05, 0) is 31.7 Å². The summed E-state index contributed by atoms with van der Waals surface area (Å²) in [5, 5.41) is 3.05. The van der Waals surface area contributed by atoms with Crippen molar-refractivity contribution in [3.8, 4) is 5.88 Å². The molecule has 1 aliphatic carbocycles. The van der Waals surface area contributed by atoms with Crippen molar-refractivity contribution in [1.29, 1.82) is 0 Å². The number of carbonyl (C=O) groups is 2. The third-order valence-corrected chi connectivity index (χ3v) is 6.39. The lowest BCUT2D eigenvalue weighted by atomic mass is 9.93. The molecule has 178 valence electrons. The largest absolute Gasteiger partial charge is 0.474 e. The molecule has 1 saturated carbocycles. The molecule has 0 unspecified atom stereocenters. The number of ether oxygens (including phenoxy) is 2. The number of hydrogen-bond donors (Lipinski definition) is 1. The number of nitrogens with zero attached hydrogens (tertiary/aromatic N) is 5. The summed E-state index contributed by atoms with van der Waals surface area (Å²) in [6.07, 6.45) is 10.9. The molecule has 0 atom stereocenters. The van der Waals surface area contributed by atoms with Crippen LogP contribution in [-0.2, 0) is 9.53 Å². The Balaban J connectivity index is 1.41. The minimum atomic E-state index is -0.527. The molecule has 3 aromatic rings. The molecule has 10 nitrogen and oxygen atoms in total. The van der Waals surface area contributed by atoms with Gasteiger partial charge in [0.15, 0.2) is 0 Å². The van der Waals surface area contributed by atoms with Crippen molar-refractivity contribution in [2.45, 2.75) is 44.8 Å². The summed E-state index contributed by atoms with van der Waals surface area (Å²) in [6.45, 7) is 4.16. The second-order valence-electron chi connectivity index (χ2n) is 8.74. The SMILES string of the molecule is CC(=O)NC(=O)c1cc2cnc(N3CCOCC3)cc2nc1OC1CCC(n2ccnc2)CC1. The zero-order chi connectivity index (χ0) is 23.5. The fraction of sp³-hybridized carbons (Fsp3) is 0.458. The number of imide groups is 1. The van der Waals surface area contributed by atoms with Gasteiger partial charge < -0.3 is 18.9 Å². The molecule has 10 heteroatoms. The topological polar surface area (TPSA) is 111 Å². The van der Waals surface area contributed by atoms with Crippen LogP contribution in [0.3, 0.4) is 0 Å². The monoisotopic (exact) mass is 464 g/mol. The minimum absolute atomic E-state index is 0.0610. The molecule has 1 aliphatic heterocycles. The predicted octanol–water partition coefficient (Wildman–Crippen LogP) is 2.50. The molecule has 34 heavy (non-hydrogen) atoms. The summed E-state index contributed by atoms with van der Waals surface area (Å²) in [7, 11) is 0. The maximum atomic E-state index is 12.8. The molecule has 1 N–H and O–H groups in total. The number of hydrogen-bond acceptors (Lipinski definition) is 8. The molecule has 3 aromatic heterocycles. The lowest BCUT2D eigenvalue weighted by molar-refractivity contribution is -0.118. The second kappa shape index (κ2) is 9.76. The second-order valence-corrected chi connectivity index (χ2v) is 8.74. The Labute approximate surface area is 197 Å². The zero-order valence-corrected chi connectivity index (χ0v) is 19.1. The zero-order valence-electron chi connectivity index (χ0n) is 19.1. The lowest BCUT2D eigenvalue weighted by Crippen LogP contribution is -2.36. The van der Waals surface area contributed by atoms with Crippen molar-refractivity contribution in [1.82, 2.24) is 24.8 Å². The molecule has 1 saturated heterocycles. The maximum absolute atomic E-state index is 12.8. The number of morpholine rings is 1. The number of aromatic nitrogens is 4. The Morgan fingerprint density at radius 2 is 1.94 bits per heavy atom. The summed E-state index contributed by atoms with van der Waals surface area (Å²) in [6, 6.07) is 4.01. The van der Waals surface area contributed by atoms with E-state index in [1.807, 2.05) is 18.6 Å². The first-order valence-electron chi connectivity index (χ1n) is 11.7. The number of carbonyl (C=O) groups excluding carboxylic acids is 2. The quantitative estimate of drug-likeness (QED) is 0.613. The smallest absolute Gasteiger partial charge is 0.263 e. The van der Waals surface area contributed by atoms with Crippen LogP contribution < -0.4 is 15.0 Å². The highest BCUT2D eigenvalue weighted by Gasteiger charge is 2.26. The van der Waals surface area contributed by atoms with Crippen LogP contribution in [-0.4, -0.2) is 63.7 Å². The van der Waals surface area contributed by atoms with E-state index in [2.05, 4.69) is 24.8 Å². The summed E-state index contributed by atoms with van der Waals surface area (Å²) >= 11 is 0. The van der Waals surface area contributed by atoms with Gasteiger partial charge in [0.25, 0.3) is 5.91 Å². The first-order chi connectivity index (χ1) is 16.6. The fourth-order valence-electron chi connectivity index (χ4n) is 4.59.